The van der Waals surface area contributed by atoms with Crippen molar-refractivity contribution in [1.29, 1.82) is 0 Å². The standard InChI is InChI=1S/C11H23NOS/c1-10(13)4-7-12(2)8-11(9-14)5-3-6-11/h10,13-14H,3-9H2,1-2H3. The highest BCUT2D eigenvalue weighted by atomic mass is 32.1. The van der Waals surface area contributed by atoms with Crippen molar-refractivity contribution in [3.8, 4) is 0 Å². The van der Waals surface area contributed by atoms with Gasteiger partial charge in [-0.2, -0.15) is 12.6 Å². The van der Waals surface area contributed by atoms with E-state index in [4.69, 9.17) is 0 Å². The molecule has 1 N–H and O–H groups in total. The molecule has 0 saturated heterocycles. The largest absolute Gasteiger partial charge is 0.393 e. The highest BCUT2D eigenvalue weighted by Gasteiger charge is 2.36. The van der Waals surface area contributed by atoms with Crippen molar-refractivity contribution in [1.82, 2.24) is 4.90 Å². The maximum absolute atomic E-state index is 9.19. The zero-order valence-corrected chi connectivity index (χ0v) is 10.3. The van der Waals surface area contributed by atoms with E-state index in [1.54, 1.807) is 0 Å². The molecule has 84 valence electrons. The van der Waals surface area contributed by atoms with Crippen molar-refractivity contribution in [2.24, 2.45) is 5.41 Å². The summed E-state index contributed by atoms with van der Waals surface area (Å²) in [6.07, 6.45) is 4.72. The highest BCUT2D eigenvalue weighted by molar-refractivity contribution is 7.80. The summed E-state index contributed by atoms with van der Waals surface area (Å²) < 4.78 is 0. The van der Waals surface area contributed by atoms with E-state index in [0.29, 0.717) is 5.41 Å². The van der Waals surface area contributed by atoms with Gasteiger partial charge in [-0.05, 0) is 44.4 Å². The molecule has 1 aliphatic rings. The Balaban J connectivity index is 2.21. The molecule has 1 rings (SSSR count). The van der Waals surface area contributed by atoms with E-state index >= 15 is 0 Å². The predicted octanol–water partition coefficient (Wildman–Crippen LogP) is 1.79. The van der Waals surface area contributed by atoms with Crippen molar-refractivity contribution >= 4 is 12.6 Å². The first-order valence-electron chi connectivity index (χ1n) is 5.55. The normalized spacial score (nSPS) is 22.1. The zero-order valence-electron chi connectivity index (χ0n) is 9.37. The fraction of sp³-hybridized carbons (Fsp3) is 1.00. The second-order valence-electron chi connectivity index (χ2n) is 4.89. The molecule has 0 spiro atoms. The Labute approximate surface area is 93.1 Å². The molecule has 1 atom stereocenters. The van der Waals surface area contributed by atoms with Gasteiger partial charge in [0.05, 0.1) is 6.10 Å². The number of aliphatic hydroxyl groups excluding tert-OH is 1. The van der Waals surface area contributed by atoms with E-state index in [-0.39, 0.29) is 6.10 Å². The Kier molecular flexibility index (Phi) is 4.74. The van der Waals surface area contributed by atoms with Crippen LogP contribution < -0.4 is 0 Å². The quantitative estimate of drug-likeness (QED) is 0.663. The van der Waals surface area contributed by atoms with E-state index in [0.717, 1.165) is 25.3 Å². The van der Waals surface area contributed by atoms with Crippen LogP contribution in [0.25, 0.3) is 0 Å². The minimum Gasteiger partial charge on any atom is -0.393 e. The first-order valence-corrected chi connectivity index (χ1v) is 6.19. The summed E-state index contributed by atoms with van der Waals surface area (Å²) in [6, 6.07) is 0. The van der Waals surface area contributed by atoms with Crippen LogP contribution in [0.15, 0.2) is 0 Å². The zero-order chi connectivity index (χ0) is 10.6. The molecular weight excluding hydrogens is 194 g/mol. The van der Waals surface area contributed by atoms with E-state index in [1.807, 2.05) is 6.92 Å². The second-order valence-corrected chi connectivity index (χ2v) is 5.20. The summed E-state index contributed by atoms with van der Waals surface area (Å²) in [5.74, 6) is 1.01. The topological polar surface area (TPSA) is 23.5 Å². The van der Waals surface area contributed by atoms with Gasteiger partial charge in [-0.1, -0.05) is 6.42 Å². The summed E-state index contributed by atoms with van der Waals surface area (Å²) in [7, 11) is 2.14. The van der Waals surface area contributed by atoms with Crippen molar-refractivity contribution < 1.29 is 5.11 Å². The van der Waals surface area contributed by atoms with Gasteiger partial charge in [0.2, 0.25) is 0 Å². The van der Waals surface area contributed by atoms with Crippen LogP contribution >= 0.6 is 12.6 Å². The van der Waals surface area contributed by atoms with Crippen LogP contribution in [0.1, 0.15) is 32.6 Å². The summed E-state index contributed by atoms with van der Waals surface area (Å²) in [5, 5.41) is 9.19. The van der Waals surface area contributed by atoms with Crippen LogP contribution in [0.3, 0.4) is 0 Å². The third-order valence-electron chi connectivity index (χ3n) is 3.28. The molecule has 0 heterocycles. The molecule has 2 nitrogen and oxygen atoms in total. The van der Waals surface area contributed by atoms with Crippen molar-refractivity contribution in [2.45, 2.75) is 38.7 Å². The SMILES string of the molecule is CC(O)CCN(C)CC1(CS)CCC1. The molecule has 1 fully saturated rings. The number of hydrogen-bond acceptors (Lipinski definition) is 3. The summed E-state index contributed by atoms with van der Waals surface area (Å²) in [4.78, 5) is 2.34. The van der Waals surface area contributed by atoms with Crippen LogP contribution in [0.4, 0.5) is 0 Å². The van der Waals surface area contributed by atoms with Gasteiger partial charge in [0.15, 0.2) is 0 Å². The lowest BCUT2D eigenvalue weighted by molar-refractivity contribution is 0.0923. The van der Waals surface area contributed by atoms with E-state index in [9.17, 15) is 5.11 Å². The maximum atomic E-state index is 9.19. The third kappa shape index (κ3) is 3.44. The van der Waals surface area contributed by atoms with Gasteiger partial charge in [0.25, 0.3) is 0 Å². The monoisotopic (exact) mass is 217 g/mol. The minimum atomic E-state index is -0.175. The molecule has 1 unspecified atom stereocenters. The first-order chi connectivity index (χ1) is 6.58. The van der Waals surface area contributed by atoms with E-state index in [1.165, 1.54) is 19.3 Å². The third-order valence-corrected chi connectivity index (χ3v) is 3.95. The van der Waals surface area contributed by atoms with Crippen molar-refractivity contribution in [2.75, 3.05) is 25.9 Å². The van der Waals surface area contributed by atoms with Crippen molar-refractivity contribution in [3.63, 3.8) is 0 Å². The van der Waals surface area contributed by atoms with Crippen LogP contribution in [-0.4, -0.2) is 42.0 Å². The summed E-state index contributed by atoms with van der Waals surface area (Å²) in [6.45, 7) is 3.99. The molecule has 0 aromatic rings. The molecule has 0 bridgehead atoms. The second kappa shape index (κ2) is 5.38. The van der Waals surface area contributed by atoms with Gasteiger partial charge in [-0.15, -0.1) is 0 Å². The number of nitrogens with zero attached hydrogens (tertiary/aromatic N) is 1. The van der Waals surface area contributed by atoms with Gasteiger partial charge < -0.3 is 10.0 Å². The molecule has 1 aliphatic carbocycles. The number of rotatable bonds is 6. The van der Waals surface area contributed by atoms with E-state index < -0.39 is 0 Å². The van der Waals surface area contributed by atoms with Gasteiger partial charge in [0.1, 0.15) is 0 Å². The number of aliphatic hydroxyl groups is 1. The molecule has 0 amide bonds. The van der Waals surface area contributed by atoms with Crippen LogP contribution in [0.5, 0.6) is 0 Å². The fourth-order valence-corrected chi connectivity index (χ4v) is 2.52. The average Bonchev–Trinajstić information content (AvgIpc) is 2.08. The van der Waals surface area contributed by atoms with Crippen LogP contribution in [0.2, 0.25) is 0 Å². The number of thiol groups is 1. The van der Waals surface area contributed by atoms with Gasteiger partial charge in [0, 0.05) is 13.1 Å². The van der Waals surface area contributed by atoms with Gasteiger partial charge >= 0.3 is 0 Å². The van der Waals surface area contributed by atoms with Gasteiger partial charge in [-0.3, -0.25) is 0 Å². The Hall–Kier alpha value is 0.270. The Morgan fingerprint density at radius 2 is 2.14 bits per heavy atom. The van der Waals surface area contributed by atoms with E-state index in [2.05, 4.69) is 24.6 Å². The molecule has 1 saturated carbocycles. The lowest BCUT2D eigenvalue weighted by Crippen LogP contribution is -2.42. The average molecular weight is 217 g/mol. The Morgan fingerprint density at radius 3 is 2.50 bits per heavy atom. The molecule has 0 aromatic heterocycles. The lowest BCUT2D eigenvalue weighted by Gasteiger charge is -2.43. The van der Waals surface area contributed by atoms with Crippen LogP contribution in [-0.2, 0) is 0 Å². The Bertz CT molecular complexity index is 163. The molecular formula is C11H23NOS. The van der Waals surface area contributed by atoms with Gasteiger partial charge in [-0.25, -0.2) is 0 Å². The molecule has 3 heteroatoms. The fourth-order valence-electron chi connectivity index (χ4n) is 2.10. The summed E-state index contributed by atoms with van der Waals surface area (Å²) >= 11 is 4.44. The van der Waals surface area contributed by atoms with Crippen LogP contribution in [0, 0.1) is 5.41 Å². The smallest absolute Gasteiger partial charge is 0.0524 e. The predicted molar refractivity (Wildman–Crippen MR) is 63.9 cm³/mol. The molecule has 0 radical (unpaired) electrons. The lowest BCUT2D eigenvalue weighted by atomic mass is 9.70. The minimum absolute atomic E-state index is 0.175. The maximum Gasteiger partial charge on any atom is 0.0524 e. The Morgan fingerprint density at radius 1 is 1.50 bits per heavy atom. The first kappa shape index (κ1) is 12.3. The molecule has 14 heavy (non-hydrogen) atoms. The molecule has 0 aromatic carbocycles. The highest BCUT2D eigenvalue weighted by Crippen LogP contribution is 2.42. The van der Waals surface area contributed by atoms with Crippen molar-refractivity contribution in [3.05, 3.63) is 0 Å². The summed E-state index contributed by atoms with van der Waals surface area (Å²) in [5.41, 5.74) is 0.483. The number of hydrogen-bond donors (Lipinski definition) is 2. The molecule has 0 aliphatic heterocycles.